The largest absolute Gasteiger partial charge is 0.396 e. The van der Waals surface area contributed by atoms with Crippen molar-refractivity contribution in [2.45, 2.75) is 25.3 Å². The summed E-state index contributed by atoms with van der Waals surface area (Å²) in [5.74, 6) is -0.348. The van der Waals surface area contributed by atoms with Crippen LogP contribution in [0.4, 0.5) is 4.79 Å². The molecule has 24 heavy (non-hydrogen) atoms. The van der Waals surface area contributed by atoms with Gasteiger partial charge in [0.2, 0.25) is 5.91 Å². The predicted octanol–water partition coefficient (Wildman–Crippen LogP) is 1.37. The van der Waals surface area contributed by atoms with Crippen LogP contribution in [0.25, 0.3) is 0 Å². The molecule has 6 nitrogen and oxygen atoms in total. The van der Waals surface area contributed by atoms with Crippen LogP contribution < -0.4 is 10.6 Å². The van der Waals surface area contributed by atoms with Gasteiger partial charge in [-0.25, -0.2) is 4.79 Å². The Balaban J connectivity index is 2.00. The number of hydrogen-bond acceptors (Lipinski definition) is 4. The molecular weight excluding hydrogens is 306 g/mol. The van der Waals surface area contributed by atoms with Gasteiger partial charge in [0.25, 0.3) is 0 Å². The van der Waals surface area contributed by atoms with Gasteiger partial charge in [-0.15, -0.1) is 6.58 Å². The van der Waals surface area contributed by atoms with Gasteiger partial charge in [0.1, 0.15) is 0 Å². The van der Waals surface area contributed by atoms with Crippen LogP contribution in [0.3, 0.4) is 0 Å². The van der Waals surface area contributed by atoms with E-state index in [0.29, 0.717) is 19.5 Å². The fraction of sp³-hybridized carbons (Fsp3) is 0.444. The van der Waals surface area contributed by atoms with E-state index in [1.54, 1.807) is 6.08 Å². The van der Waals surface area contributed by atoms with E-state index in [9.17, 15) is 9.59 Å². The number of fused-ring (bicyclic) bond motifs is 1. The maximum atomic E-state index is 12.2. The number of imide groups is 1. The van der Waals surface area contributed by atoms with Gasteiger partial charge in [-0.2, -0.15) is 0 Å². The summed E-state index contributed by atoms with van der Waals surface area (Å²) in [6, 6.07) is 7.86. The number of hydrogen-bond donors (Lipinski definition) is 3. The molecule has 130 valence electrons. The maximum absolute atomic E-state index is 12.2. The Morgan fingerprint density at radius 1 is 1.38 bits per heavy atom. The molecule has 0 aliphatic heterocycles. The van der Waals surface area contributed by atoms with Gasteiger partial charge in [0, 0.05) is 25.7 Å². The Hall–Kier alpha value is -2.18. The van der Waals surface area contributed by atoms with Crippen LogP contribution in [0.2, 0.25) is 0 Å². The van der Waals surface area contributed by atoms with Gasteiger partial charge in [0.05, 0.1) is 6.54 Å². The van der Waals surface area contributed by atoms with Gasteiger partial charge in [-0.1, -0.05) is 30.3 Å². The average molecular weight is 331 g/mol. The highest BCUT2D eigenvalue weighted by molar-refractivity contribution is 5.95. The number of benzene rings is 1. The summed E-state index contributed by atoms with van der Waals surface area (Å²) in [6.45, 7) is 4.63. The van der Waals surface area contributed by atoms with Crippen LogP contribution in [-0.2, 0) is 11.2 Å². The predicted molar refractivity (Wildman–Crippen MR) is 92.5 cm³/mol. The zero-order valence-corrected chi connectivity index (χ0v) is 13.8. The molecule has 2 rings (SSSR count). The average Bonchev–Trinajstić information content (AvgIpc) is 3.00. The minimum atomic E-state index is -0.520. The molecule has 0 heterocycles. The fourth-order valence-electron chi connectivity index (χ4n) is 3.09. The molecule has 0 radical (unpaired) electrons. The summed E-state index contributed by atoms with van der Waals surface area (Å²) in [4.78, 5) is 25.8. The number of aliphatic hydroxyl groups is 1. The highest BCUT2D eigenvalue weighted by Gasteiger charge is 2.28. The Morgan fingerprint density at radius 3 is 2.92 bits per heavy atom. The van der Waals surface area contributed by atoms with Crippen molar-refractivity contribution in [2.24, 2.45) is 0 Å². The molecule has 1 aliphatic carbocycles. The molecule has 0 fully saturated rings. The number of nitrogens with zero attached hydrogens (tertiary/aromatic N) is 1. The topological polar surface area (TPSA) is 81.7 Å². The normalized spacial score (nSPS) is 15.8. The minimum absolute atomic E-state index is 0.0757. The number of carbonyl (C=O) groups excluding carboxylic acids is 2. The summed E-state index contributed by atoms with van der Waals surface area (Å²) < 4.78 is 0. The maximum Gasteiger partial charge on any atom is 0.321 e. The Morgan fingerprint density at radius 2 is 2.17 bits per heavy atom. The minimum Gasteiger partial charge on any atom is -0.396 e. The van der Waals surface area contributed by atoms with E-state index in [0.717, 1.165) is 12.8 Å². The summed E-state index contributed by atoms with van der Waals surface area (Å²) in [5, 5.41) is 14.0. The molecule has 0 saturated carbocycles. The van der Waals surface area contributed by atoms with Crippen LogP contribution in [0.5, 0.6) is 0 Å². The number of nitrogens with one attached hydrogen (secondary N) is 2. The van der Waals surface area contributed by atoms with E-state index in [-0.39, 0.29) is 25.1 Å². The van der Waals surface area contributed by atoms with E-state index in [2.05, 4.69) is 29.3 Å². The van der Waals surface area contributed by atoms with Gasteiger partial charge in [-0.3, -0.25) is 15.0 Å². The first-order chi connectivity index (χ1) is 11.7. The Bertz CT molecular complexity index is 589. The molecule has 1 atom stereocenters. The Labute approximate surface area is 142 Å². The summed E-state index contributed by atoms with van der Waals surface area (Å²) in [5.41, 5.74) is 2.54. The van der Waals surface area contributed by atoms with Gasteiger partial charge in [0.15, 0.2) is 0 Å². The molecule has 0 spiro atoms. The van der Waals surface area contributed by atoms with E-state index >= 15 is 0 Å². The standard InChI is InChI=1S/C18H25N3O3/c1-2-10-19-18(24)20-17(23)13-21(11-5-12-22)16-9-8-14-6-3-4-7-15(14)16/h2-4,6-7,16,22H,1,5,8-13H2,(H2,19,20,23,24)/t16-/m0/s1. The molecular formula is C18H25N3O3. The lowest BCUT2D eigenvalue weighted by Gasteiger charge is -2.28. The van der Waals surface area contributed by atoms with Crippen molar-refractivity contribution in [3.63, 3.8) is 0 Å². The number of aliphatic hydroxyl groups excluding tert-OH is 1. The Kier molecular flexibility index (Phi) is 6.96. The van der Waals surface area contributed by atoms with Gasteiger partial charge < -0.3 is 10.4 Å². The lowest BCUT2D eigenvalue weighted by molar-refractivity contribution is -0.121. The first-order valence-corrected chi connectivity index (χ1v) is 8.27. The summed E-state index contributed by atoms with van der Waals surface area (Å²) >= 11 is 0. The number of urea groups is 1. The van der Waals surface area contributed by atoms with Crippen LogP contribution in [-0.4, -0.2) is 48.2 Å². The second-order valence-corrected chi connectivity index (χ2v) is 5.85. The lowest BCUT2D eigenvalue weighted by Crippen LogP contribution is -2.45. The highest BCUT2D eigenvalue weighted by atomic mass is 16.3. The van der Waals surface area contributed by atoms with Crippen LogP contribution in [0.1, 0.15) is 30.0 Å². The summed E-state index contributed by atoms with van der Waals surface area (Å²) in [6.07, 6.45) is 4.07. The molecule has 1 aromatic carbocycles. The molecule has 3 N–H and O–H groups in total. The van der Waals surface area contributed by atoms with E-state index in [1.165, 1.54) is 11.1 Å². The van der Waals surface area contributed by atoms with Crippen molar-refractivity contribution in [3.8, 4) is 0 Å². The van der Waals surface area contributed by atoms with E-state index < -0.39 is 6.03 Å². The second-order valence-electron chi connectivity index (χ2n) is 5.85. The number of carbonyl (C=O) groups is 2. The number of aryl methyl sites for hydroxylation is 1. The second kappa shape index (κ2) is 9.20. The van der Waals surface area contributed by atoms with Crippen molar-refractivity contribution < 1.29 is 14.7 Å². The molecule has 0 unspecified atom stereocenters. The van der Waals surface area contributed by atoms with Crippen molar-refractivity contribution in [1.29, 1.82) is 0 Å². The SMILES string of the molecule is C=CCNC(=O)NC(=O)CN(CCCO)[C@H]1CCc2ccccc21. The van der Waals surface area contributed by atoms with Gasteiger partial charge >= 0.3 is 6.03 Å². The zero-order valence-electron chi connectivity index (χ0n) is 13.8. The van der Waals surface area contributed by atoms with Crippen LogP contribution in [0.15, 0.2) is 36.9 Å². The fourth-order valence-corrected chi connectivity index (χ4v) is 3.09. The number of rotatable bonds is 8. The molecule has 1 aliphatic rings. The molecule has 0 bridgehead atoms. The molecule has 3 amide bonds. The molecule has 0 saturated heterocycles. The third-order valence-corrected chi connectivity index (χ3v) is 4.15. The lowest BCUT2D eigenvalue weighted by atomic mass is 10.1. The van der Waals surface area contributed by atoms with Crippen LogP contribution >= 0.6 is 0 Å². The third-order valence-electron chi connectivity index (χ3n) is 4.15. The summed E-state index contributed by atoms with van der Waals surface area (Å²) in [7, 11) is 0. The van der Waals surface area contributed by atoms with E-state index in [4.69, 9.17) is 5.11 Å². The smallest absolute Gasteiger partial charge is 0.321 e. The first-order valence-electron chi connectivity index (χ1n) is 8.27. The van der Waals surface area contributed by atoms with E-state index in [1.807, 2.05) is 17.0 Å². The van der Waals surface area contributed by atoms with Crippen molar-refractivity contribution >= 4 is 11.9 Å². The zero-order chi connectivity index (χ0) is 17.4. The third kappa shape index (κ3) is 4.91. The molecule has 6 heteroatoms. The molecule has 1 aromatic rings. The van der Waals surface area contributed by atoms with Crippen molar-refractivity contribution in [1.82, 2.24) is 15.5 Å². The highest BCUT2D eigenvalue weighted by Crippen LogP contribution is 2.35. The molecule has 0 aromatic heterocycles. The quantitative estimate of drug-likeness (QED) is 0.629. The van der Waals surface area contributed by atoms with Crippen molar-refractivity contribution in [2.75, 3.05) is 26.2 Å². The van der Waals surface area contributed by atoms with Gasteiger partial charge in [-0.05, 0) is 30.4 Å². The monoisotopic (exact) mass is 331 g/mol. The first kappa shape index (κ1) is 18.2. The van der Waals surface area contributed by atoms with Crippen molar-refractivity contribution in [3.05, 3.63) is 48.0 Å². The number of amides is 3. The van der Waals surface area contributed by atoms with Crippen LogP contribution in [0, 0.1) is 0 Å².